The summed E-state index contributed by atoms with van der Waals surface area (Å²) in [5.41, 5.74) is 2.34. The first-order valence-corrected chi connectivity index (χ1v) is 6.07. The lowest BCUT2D eigenvalue weighted by molar-refractivity contribution is 0.588. The van der Waals surface area contributed by atoms with Crippen LogP contribution in [-0.4, -0.2) is 16.1 Å². The molecule has 2 rings (SSSR count). The maximum Gasteiger partial charge on any atom is 0.0947 e. The topological polar surface area (TPSA) is 29.9 Å². The van der Waals surface area contributed by atoms with Crippen molar-refractivity contribution in [1.82, 2.24) is 14.9 Å². The van der Waals surface area contributed by atoms with Gasteiger partial charge in [-0.2, -0.15) is 0 Å². The van der Waals surface area contributed by atoms with Crippen LogP contribution in [0.25, 0.3) is 0 Å². The Morgan fingerprint density at radius 3 is 2.65 bits per heavy atom. The number of imidazole rings is 1. The fraction of sp³-hybridized carbons (Fsp3) is 0.357. The first-order valence-electron chi connectivity index (χ1n) is 6.07. The second-order valence-electron chi connectivity index (χ2n) is 4.26. The van der Waals surface area contributed by atoms with E-state index in [1.165, 1.54) is 5.56 Å². The second-order valence-corrected chi connectivity index (χ2v) is 4.26. The van der Waals surface area contributed by atoms with Crippen LogP contribution in [0.3, 0.4) is 0 Å². The molecule has 0 saturated heterocycles. The Kier molecular flexibility index (Phi) is 3.94. The molecular weight excluding hydrogens is 210 g/mol. The fourth-order valence-corrected chi connectivity index (χ4v) is 1.91. The molecule has 0 radical (unpaired) electrons. The molecule has 0 saturated carbocycles. The molecule has 1 aromatic carbocycles. The average Bonchev–Trinajstić information content (AvgIpc) is 2.78. The molecule has 0 bridgehead atoms. The van der Waals surface area contributed by atoms with Crippen LogP contribution in [0.1, 0.15) is 30.6 Å². The molecule has 1 aromatic heterocycles. The molecule has 90 valence electrons. The number of nitrogens with zero attached hydrogens (tertiary/aromatic N) is 2. The van der Waals surface area contributed by atoms with Crippen molar-refractivity contribution in [3.05, 3.63) is 54.1 Å². The van der Waals surface area contributed by atoms with Gasteiger partial charge in [0.25, 0.3) is 0 Å². The summed E-state index contributed by atoms with van der Waals surface area (Å²) in [6, 6.07) is 10.7. The van der Waals surface area contributed by atoms with E-state index in [9.17, 15) is 0 Å². The highest BCUT2D eigenvalue weighted by Crippen LogP contribution is 2.19. The second kappa shape index (κ2) is 5.64. The van der Waals surface area contributed by atoms with E-state index in [4.69, 9.17) is 0 Å². The van der Waals surface area contributed by atoms with Crippen molar-refractivity contribution in [3.8, 4) is 0 Å². The van der Waals surface area contributed by atoms with E-state index in [1.54, 1.807) is 0 Å². The van der Waals surface area contributed by atoms with Gasteiger partial charge < -0.3 is 9.88 Å². The number of aromatic nitrogens is 2. The average molecular weight is 229 g/mol. The van der Waals surface area contributed by atoms with Crippen LogP contribution < -0.4 is 5.32 Å². The van der Waals surface area contributed by atoms with Crippen LogP contribution >= 0.6 is 0 Å². The van der Waals surface area contributed by atoms with Gasteiger partial charge in [-0.1, -0.05) is 37.3 Å². The SMILES string of the molecule is CCCNC(c1ccccc1)c1cn(C)cn1. The van der Waals surface area contributed by atoms with Gasteiger partial charge in [0.2, 0.25) is 0 Å². The van der Waals surface area contributed by atoms with E-state index in [-0.39, 0.29) is 6.04 Å². The molecule has 17 heavy (non-hydrogen) atoms. The van der Waals surface area contributed by atoms with E-state index < -0.39 is 0 Å². The summed E-state index contributed by atoms with van der Waals surface area (Å²) in [4.78, 5) is 4.45. The Balaban J connectivity index is 2.25. The Hall–Kier alpha value is -1.61. The van der Waals surface area contributed by atoms with Crippen molar-refractivity contribution in [2.75, 3.05) is 6.54 Å². The Bertz CT molecular complexity index is 448. The predicted octanol–water partition coefficient (Wildman–Crippen LogP) is 2.51. The lowest BCUT2D eigenvalue weighted by Crippen LogP contribution is -2.23. The van der Waals surface area contributed by atoms with Crippen molar-refractivity contribution in [2.24, 2.45) is 7.05 Å². The third-order valence-electron chi connectivity index (χ3n) is 2.75. The molecule has 3 nitrogen and oxygen atoms in total. The number of rotatable bonds is 5. The minimum atomic E-state index is 0.192. The zero-order valence-electron chi connectivity index (χ0n) is 10.4. The van der Waals surface area contributed by atoms with Crippen LogP contribution in [-0.2, 0) is 7.05 Å². The van der Waals surface area contributed by atoms with Gasteiger partial charge in [0, 0.05) is 13.2 Å². The molecule has 1 N–H and O–H groups in total. The molecule has 0 aliphatic rings. The smallest absolute Gasteiger partial charge is 0.0947 e. The zero-order chi connectivity index (χ0) is 12.1. The monoisotopic (exact) mass is 229 g/mol. The molecule has 0 aliphatic heterocycles. The fourth-order valence-electron chi connectivity index (χ4n) is 1.91. The summed E-state index contributed by atoms with van der Waals surface area (Å²) in [5, 5.41) is 3.54. The predicted molar refractivity (Wildman–Crippen MR) is 69.8 cm³/mol. The van der Waals surface area contributed by atoms with Gasteiger partial charge in [-0.15, -0.1) is 0 Å². The Labute approximate surface area is 103 Å². The molecule has 1 heterocycles. The first kappa shape index (κ1) is 11.9. The van der Waals surface area contributed by atoms with Crippen molar-refractivity contribution >= 4 is 0 Å². The highest BCUT2D eigenvalue weighted by molar-refractivity contribution is 5.26. The van der Waals surface area contributed by atoms with E-state index in [1.807, 2.05) is 24.0 Å². The number of hydrogen-bond acceptors (Lipinski definition) is 2. The molecule has 0 fully saturated rings. The summed E-state index contributed by atoms with van der Waals surface area (Å²) >= 11 is 0. The normalized spacial score (nSPS) is 12.6. The maximum absolute atomic E-state index is 4.45. The van der Waals surface area contributed by atoms with Crippen LogP contribution in [0.2, 0.25) is 0 Å². The molecule has 3 heteroatoms. The molecular formula is C14H19N3. The first-order chi connectivity index (χ1) is 8.31. The van der Waals surface area contributed by atoms with Crippen LogP contribution in [0.15, 0.2) is 42.9 Å². The van der Waals surface area contributed by atoms with Crippen LogP contribution in [0.4, 0.5) is 0 Å². The number of nitrogens with one attached hydrogen (secondary N) is 1. The molecule has 1 atom stereocenters. The molecule has 0 spiro atoms. The van der Waals surface area contributed by atoms with Gasteiger partial charge in [-0.25, -0.2) is 4.98 Å². The van der Waals surface area contributed by atoms with Gasteiger partial charge in [-0.05, 0) is 18.5 Å². The Morgan fingerprint density at radius 2 is 2.06 bits per heavy atom. The Morgan fingerprint density at radius 1 is 1.29 bits per heavy atom. The number of benzene rings is 1. The number of hydrogen-bond donors (Lipinski definition) is 1. The highest BCUT2D eigenvalue weighted by Gasteiger charge is 2.14. The van der Waals surface area contributed by atoms with Gasteiger partial charge >= 0.3 is 0 Å². The van der Waals surface area contributed by atoms with E-state index in [0.717, 1.165) is 18.7 Å². The summed E-state index contributed by atoms with van der Waals surface area (Å²) in [7, 11) is 2.00. The molecule has 0 aliphatic carbocycles. The minimum absolute atomic E-state index is 0.192. The lowest BCUT2D eigenvalue weighted by atomic mass is 10.0. The van der Waals surface area contributed by atoms with Crippen molar-refractivity contribution in [3.63, 3.8) is 0 Å². The summed E-state index contributed by atoms with van der Waals surface area (Å²) in [5.74, 6) is 0. The maximum atomic E-state index is 4.45. The van der Waals surface area contributed by atoms with Gasteiger partial charge in [0.15, 0.2) is 0 Å². The number of aryl methyl sites for hydroxylation is 1. The van der Waals surface area contributed by atoms with Crippen molar-refractivity contribution in [1.29, 1.82) is 0 Å². The highest BCUT2D eigenvalue weighted by atomic mass is 15.0. The standard InChI is InChI=1S/C14H19N3/c1-3-9-15-14(12-7-5-4-6-8-12)13-10-17(2)11-16-13/h4-8,10-11,14-15H,3,9H2,1-2H3. The summed E-state index contributed by atoms with van der Waals surface area (Å²) < 4.78 is 1.99. The van der Waals surface area contributed by atoms with Crippen molar-refractivity contribution in [2.45, 2.75) is 19.4 Å². The summed E-state index contributed by atoms with van der Waals surface area (Å²) in [6.07, 6.45) is 5.04. The largest absolute Gasteiger partial charge is 0.340 e. The lowest BCUT2D eigenvalue weighted by Gasteiger charge is -2.16. The minimum Gasteiger partial charge on any atom is -0.340 e. The van der Waals surface area contributed by atoms with Gasteiger partial charge in [0.05, 0.1) is 18.1 Å². The zero-order valence-corrected chi connectivity index (χ0v) is 10.4. The quantitative estimate of drug-likeness (QED) is 0.853. The van der Waals surface area contributed by atoms with E-state index >= 15 is 0 Å². The summed E-state index contributed by atoms with van der Waals surface area (Å²) in [6.45, 7) is 3.17. The van der Waals surface area contributed by atoms with E-state index in [2.05, 4.69) is 47.7 Å². The molecule has 0 amide bonds. The van der Waals surface area contributed by atoms with Crippen molar-refractivity contribution < 1.29 is 0 Å². The van der Waals surface area contributed by atoms with Gasteiger partial charge in [-0.3, -0.25) is 0 Å². The molecule has 1 unspecified atom stereocenters. The van der Waals surface area contributed by atoms with Crippen LogP contribution in [0, 0.1) is 0 Å². The molecule has 2 aromatic rings. The third-order valence-corrected chi connectivity index (χ3v) is 2.75. The van der Waals surface area contributed by atoms with E-state index in [0.29, 0.717) is 0 Å². The van der Waals surface area contributed by atoms with Crippen LogP contribution in [0.5, 0.6) is 0 Å². The van der Waals surface area contributed by atoms with Gasteiger partial charge in [0.1, 0.15) is 0 Å². The third kappa shape index (κ3) is 2.94.